The molecule has 1 saturated heterocycles. The average Bonchev–Trinajstić information content (AvgIpc) is 2.47. The molecule has 0 bridgehead atoms. The van der Waals surface area contributed by atoms with Crippen molar-refractivity contribution in [3.8, 4) is 0 Å². The van der Waals surface area contributed by atoms with Gasteiger partial charge in [0.15, 0.2) is 5.11 Å². The molecule has 0 aliphatic carbocycles. The summed E-state index contributed by atoms with van der Waals surface area (Å²) in [6.07, 6.45) is 1.70. The predicted octanol–water partition coefficient (Wildman–Crippen LogP) is 1.84. The van der Waals surface area contributed by atoms with Crippen LogP contribution in [0, 0.1) is 5.92 Å². The summed E-state index contributed by atoms with van der Waals surface area (Å²) in [5.74, 6) is 0.192. The highest BCUT2D eigenvalue weighted by Crippen LogP contribution is 2.19. The minimum Gasteiger partial charge on any atom is -0.366 e. The molecule has 4 nitrogen and oxygen atoms in total. The normalized spacial score (nSPS) is 15.9. The number of carbonyl (C=O) groups is 1. The van der Waals surface area contributed by atoms with Crippen LogP contribution in [0.3, 0.4) is 0 Å². The summed E-state index contributed by atoms with van der Waals surface area (Å²) in [5, 5.41) is 6.70. The quantitative estimate of drug-likeness (QED) is 0.810. The van der Waals surface area contributed by atoms with Gasteiger partial charge in [0.1, 0.15) is 0 Å². The summed E-state index contributed by atoms with van der Waals surface area (Å²) in [4.78, 5) is 14.2. The number of nitrogens with zero attached hydrogens (tertiary/aromatic N) is 1. The predicted molar refractivity (Wildman–Crippen MR) is 81.0 cm³/mol. The van der Waals surface area contributed by atoms with Crippen LogP contribution in [0.25, 0.3) is 0 Å². The Morgan fingerprint density at radius 2 is 1.89 bits per heavy atom. The zero-order valence-electron chi connectivity index (χ0n) is 11.1. The van der Waals surface area contributed by atoms with E-state index in [0.29, 0.717) is 0 Å². The Kier molecular flexibility index (Phi) is 4.74. The molecule has 5 heteroatoms. The highest BCUT2D eigenvalue weighted by Gasteiger charge is 2.25. The van der Waals surface area contributed by atoms with Crippen molar-refractivity contribution in [2.75, 3.05) is 25.5 Å². The molecule has 0 atom stereocenters. The monoisotopic (exact) mass is 277 g/mol. The van der Waals surface area contributed by atoms with Gasteiger partial charge in [-0.25, -0.2) is 0 Å². The number of nitrogens with one attached hydrogen (secondary N) is 2. The topological polar surface area (TPSA) is 44.4 Å². The summed E-state index contributed by atoms with van der Waals surface area (Å²) in [7, 11) is 1.83. The van der Waals surface area contributed by atoms with Crippen LogP contribution >= 0.6 is 12.2 Å². The van der Waals surface area contributed by atoms with Gasteiger partial charge in [0.2, 0.25) is 5.91 Å². The van der Waals surface area contributed by atoms with E-state index in [4.69, 9.17) is 12.2 Å². The molecular formula is C14H19N3OS. The maximum Gasteiger partial charge on any atom is 0.227 e. The Balaban J connectivity index is 1.84. The lowest BCUT2D eigenvalue weighted by Crippen LogP contribution is -2.44. The molecule has 102 valence electrons. The zero-order valence-corrected chi connectivity index (χ0v) is 11.9. The Labute approximate surface area is 119 Å². The molecule has 0 radical (unpaired) electrons. The van der Waals surface area contributed by atoms with Crippen LogP contribution in [0.2, 0.25) is 0 Å². The minimum atomic E-state index is 0.0797. The molecule has 1 heterocycles. The van der Waals surface area contributed by atoms with Crippen molar-refractivity contribution in [1.29, 1.82) is 0 Å². The van der Waals surface area contributed by atoms with Crippen LogP contribution in [0.15, 0.2) is 30.3 Å². The number of hydrogen-bond donors (Lipinski definition) is 2. The highest BCUT2D eigenvalue weighted by atomic mass is 32.1. The smallest absolute Gasteiger partial charge is 0.227 e. The summed E-state index contributed by atoms with van der Waals surface area (Å²) in [5.41, 5.74) is 0.862. The van der Waals surface area contributed by atoms with E-state index in [9.17, 15) is 4.79 Å². The van der Waals surface area contributed by atoms with E-state index in [1.54, 1.807) is 0 Å². The van der Waals surface area contributed by atoms with E-state index in [0.717, 1.165) is 36.7 Å². The molecule has 1 aliphatic heterocycles. The van der Waals surface area contributed by atoms with Gasteiger partial charge in [0.25, 0.3) is 0 Å². The summed E-state index contributed by atoms with van der Waals surface area (Å²) >= 11 is 5.20. The molecule has 0 aromatic heterocycles. The Morgan fingerprint density at radius 3 is 2.47 bits per heavy atom. The third-order valence-corrected chi connectivity index (χ3v) is 3.87. The molecule has 1 aromatic carbocycles. The van der Waals surface area contributed by atoms with Gasteiger partial charge in [0.05, 0.1) is 0 Å². The van der Waals surface area contributed by atoms with E-state index in [1.807, 2.05) is 37.4 Å². The largest absolute Gasteiger partial charge is 0.366 e. The second-order valence-corrected chi connectivity index (χ2v) is 5.06. The lowest BCUT2D eigenvalue weighted by Gasteiger charge is -2.32. The Bertz CT molecular complexity index is 441. The SMILES string of the molecule is CNC(=S)N1CCC(C(=O)Nc2ccccc2)CC1. The van der Waals surface area contributed by atoms with Crippen LogP contribution in [-0.2, 0) is 4.79 Å². The van der Waals surface area contributed by atoms with Crippen molar-refractivity contribution in [3.63, 3.8) is 0 Å². The molecule has 0 unspecified atom stereocenters. The van der Waals surface area contributed by atoms with Gasteiger partial charge in [-0.1, -0.05) is 18.2 Å². The number of benzene rings is 1. The zero-order chi connectivity index (χ0) is 13.7. The van der Waals surface area contributed by atoms with E-state index in [1.165, 1.54) is 0 Å². The Hall–Kier alpha value is -1.62. The number of thiocarbonyl (C=S) groups is 1. The minimum absolute atomic E-state index is 0.0797. The molecule has 0 spiro atoms. The van der Waals surface area contributed by atoms with E-state index in [-0.39, 0.29) is 11.8 Å². The number of likely N-dealkylation sites (tertiary alicyclic amines) is 1. The number of carbonyl (C=O) groups excluding carboxylic acids is 1. The van der Waals surface area contributed by atoms with Crippen LogP contribution in [0.4, 0.5) is 5.69 Å². The van der Waals surface area contributed by atoms with Crippen LogP contribution in [0.5, 0.6) is 0 Å². The maximum atomic E-state index is 12.1. The van der Waals surface area contributed by atoms with E-state index in [2.05, 4.69) is 15.5 Å². The first-order chi connectivity index (χ1) is 9.20. The first-order valence-electron chi connectivity index (χ1n) is 6.53. The summed E-state index contributed by atoms with van der Waals surface area (Å²) in [6, 6.07) is 9.59. The molecule has 2 N–H and O–H groups in total. The maximum absolute atomic E-state index is 12.1. The van der Waals surface area contributed by atoms with Crippen molar-refractivity contribution in [2.24, 2.45) is 5.92 Å². The lowest BCUT2D eigenvalue weighted by atomic mass is 9.96. The second kappa shape index (κ2) is 6.52. The molecule has 19 heavy (non-hydrogen) atoms. The number of para-hydroxylation sites is 1. The standard InChI is InChI=1S/C14H19N3OS/c1-15-14(19)17-9-7-11(8-10-17)13(18)16-12-5-3-2-4-6-12/h2-6,11H,7-10H2,1H3,(H,15,19)(H,16,18). The van der Waals surface area contributed by atoms with Crippen LogP contribution in [0.1, 0.15) is 12.8 Å². The molecule has 1 fully saturated rings. The van der Waals surface area contributed by atoms with Gasteiger partial charge in [-0.15, -0.1) is 0 Å². The molecule has 1 amide bonds. The number of piperidine rings is 1. The van der Waals surface area contributed by atoms with Crippen molar-refractivity contribution in [2.45, 2.75) is 12.8 Å². The van der Waals surface area contributed by atoms with Crippen molar-refractivity contribution < 1.29 is 4.79 Å². The molecular weight excluding hydrogens is 258 g/mol. The fraction of sp³-hybridized carbons (Fsp3) is 0.429. The Morgan fingerprint density at radius 1 is 1.26 bits per heavy atom. The van der Waals surface area contributed by atoms with Crippen LogP contribution in [-0.4, -0.2) is 36.1 Å². The van der Waals surface area contributed by atoms with Gasteiger partial charge in [-0.05, 0) is 37.2 Å². The first-order valence-corrected chi connectivity index (χ1v) is 6.94. The van der Waals surface area contributed by atoms with Gasteiger partial charge in [0, 0.05) is 31.7 Å². The molecule has 2 rings (SSSR count). The fourth-order valence-electron chi connectivity index (χ4n) is 2.27. The number of amides is 1. The molecule has 0 saturated carbocycles. The lowest BCUT2D eigenvalue weighted by molar-refractivity contribution is -0.120. The molecule has 1 aromatic rings. The second-order valence-electron chi connectivity index (χ2n) is 4.67. The first kappa shape index (κ1) is 13.8. The third kappa shape index (κ3) is 3.67. The van der Waals surface area contributed by atoms with Crippen molar-refractivity contribution in [3.05, 3.63) is 30.3 Å². The number of hydrogen-bond acceptors (Lipinski definition) is 2. The third-order valence-electron chi connectivity index (χ3n) is 3.41. The highest BCUT2D eigenvalue weighted by molar-refractivity contribution is 7.80. The summed E-state index contributed by atoms with van der Waals surface area (Å²) < 4.78 is 0. The average molecular weight is 277 g/mol. The van der Waals surface area contributed by atoms with Crippen LogP contribution < -0.4 is 10.6 Å². The van der Waals surface area contributed by atoms with E-state index >= 15 is 0 Å². The van der Waals surface area contributed by atoms with Gasteiger partial charge < -0.3 is 15.5 Å². The van der Waals surface area contributed by atoms with Gasteiger partial charge in [-0.2, -0.15) is 0 Å². The van der Waals surface area contributed by atoms with Gasteiger partial charge >= 0.3 is 0 Å². The molecule has 1 aliphatic rings. The number of anilines is 1. The van der Waals surface area contributed by atoms with E-state index < -0.39 is 0 Å². The summed E-state index contributed by atoms with van der Waals surface area (Å²) in [6.45, 7) is 1.68. The fourth-order valence-corrected chi connectivity index (χ4v) is 2.45. The van der Waals surface area contributed by atoms with Crippen molar-refractivity contribution in [1.82, 2.24) is 10.2 Å². The van der Waals surface area contributed by atoms with Gasteiger partial charge in [-0.3, -0.25) is 4.79 Å². The number of rotatable bonds is 2. The van der Waals surface area contributed by atoms with Crippen molar-refractivity contribution >= 4 is 28.9 Å².